The Morgan fingerprint density at radius 2 is 2.44 bits per heavy atom. The maximum Gasteiger partial charge on any atom is 0.225 e. The molecule has 1 aliphatic heterocycles. The van der Waals surface area contributed by atoms with Crippen molar-refractivity contribution in [2.24, 2.45) is 0 Å². The van der Waals surface area contributed by atoms with Crippen molar-refractivity contribution in [3.8, 4) is 5.88 Å². The average Bonchev–Trinajstić information content (AvgIpc) is 2.82. The van der Waals surface area contributed by atoms with Crippen LogP contribution in [0.1, 0.15) is 33.1 Å². The zero-order valence-corrected chi connectivity index (χ0v) is 11.1. The second-order valence-electron chi connectivity index (χ2n) is 4.89. The molecule has 1 aromatic heterocycles. The molecule has 1 aliphatic rings. The van der Waals surface area contributed by atoms with Gasteiger partial charge in [-0.25, -0.2) is 4.98 Å². The van der Waals surface area contributed by atoms with Gasteiger partial charge in [0.25, 0.3) is 0 Å². The van der Waals surface area contributed by atoms with Crippen molar-refractivity contribution in [2.75, 3.05) is 18.4 Å². The largest absolute Gasteiger partial charge is 0.475 e. The normalized spacial score (nSPS) is 19.2. The predicted octanol–water partition coefficient (Wildman–Crippen LogP) is 1.82. The molecule has 0 spiro atoms. The molecule has 1 aromatic rings. The summed E-state index contributed by atoms with van der Waals surface area (Å²) in [7, 11) is 0. The average molecular weight is 250 g/mol. The Bertz CT molecular complexity index is 364. The van der Waals surface area contributed by atoms with E-state index in [0.29, 0.717) is 17.9 Å². The van der Waals surface area contributed by atoms with Crippen LogP contribution in [0.15, 0.2) is 12.3 Å². The summed E-state index contributed by atoms with van der Waals surface area (Å²) in [6.45, 7) is 6.02. The summed E-state index contributed by atoms with van der Waals surface area (Å²) in [6, 6.07) is 2.43. The highest BCUT2D eigenvalue weighted by atomic mass is 16.5. The molecule has 0 aromatic carbocycles. The molecular formula is C13H22N4O. The molecule has 1 atom stereocenters. The minimum Gasteiger partial charge on any atom is -0.475 e. The van der Waals surface area contributed by atoms with Gasteiger partial charge in [0.05, 0.1) is 6.10 Å². The summed E-state index contributed by atoms with van der Waals surface area (Å²) in [6.07, 6.45) is 5.53. The molecule has 0 unspecified atom stereocenters. The lowest BCUT2D eigenvalue weighted by molar-refractivity contribution is 0.232. The molecule has 0 bridgehead atoms. The highest BCUT2D eigenvalue weighted by Gasteiger charge is 2.13. The van der Waals surface area contributed by atoms with E-state index in [-0.39, 0.29) is 6.10 Å². The van der Waals surface area contributed by atoms with Crippen LogP contribution >= 0.6 is 0 Å². The summed E-state index contributed by atoms with van der Waals surface area (Å²) < 4.78 is 5.53. The summed E-state index contributed by atoms with van der Waals surface area (Å²) in [5, 5.41) is 6.72. The molecule has 2 heterocycles. The Balaban J connectivity index is 1.77. The van der Waals surface area contributed by atoms with Crippen molar-refractivity contribution in [1.29, 1.82) is 0 Å². The van der Waals surface area contributed by atoms with Gasteiger partial charge < -0.3 is 15.4 Å². The highest BCUT2D eigenvalue weighted by Crippen LogP contribution is 2.11. The number of ether oxygens (including phenoxy) is 1. The zero-order chi connectivity index (χ0) is 12.8. The molecule has 18 heavy (non-hydrogen) atoms. The van der Waals surface area contributed by atoms with Gasteiger partial charge in [-0.3, -0.25) is 0 Å². The lowest BCUT2D eigenvalue weighted by Crippen LogP contribution is -2.24. The molecule has 2 rings (SSSR count). The number of hydrogen-bond donors (Lipinski definition) is 2. The van der Waals surface area contributed by atoms with Gasteiger partial charge in [-0.1, -0.05) is 0 Å². The van der Waals surface area contributed by atoms with Crippen molar-refractivity contribution in [3.63, 3.8) is 0 Å². The molecule has 0 saturated carbocycles. The van der Waals surface area contributed by atoms with Crippen molar-refractivity contribution < 1.29 is 4.74 Å². The Morgan fingerprint density at radius 3 is 3.17 bits per heavy atom. The monoisotopic (exact) mass is 250 g/mol. The summed E-state index contributed by atoms with van der Waals surface area (Å²) in [4.78, 5) is 8.50. The fourth-order valence-electron chi connectivity index (χ4n) is 2.10. The maximum absolute atomic E-state index is 5.53. The van der Waals surface area contributed by atoms with Crippen LogP contribution in [0.5, 0.6) is 5.88 Å². The Kier molecular flexibility index (Phi) is 4.75. The Labute approximate surface area is 108 Å². The summed E-state index contributed by atoms with van der Waals surface area (Å²) in [5.41, 5.74) is 0. The van der Waals surface area contributed by atoms with Gasteiger partial charge >= 0.3 is 0 Å². The molecule has 100 valence electrons. The van der Waals surface area contributed by atoms with E-state index in [0.717, 1.165) is 19.5 Å². The van der Waals surface area contributed by atoms with Crippen LogP contribution in [0.4, 0.5) is 5.95 Å². The topological polar surface area (TPSA) is 59.1 Å². The second kappa shape index (κ2) is 6.54. The van der Waals surface area contributed by atoms with E-state index in [4.69, 9.17) is 4.74 Å². The molecular weight excluding hydrogens is 228 g/mol. The van der Waals surface area contributed by atoms with Crippen LogP contribution in [0.3, 0.4) is 0 Å². The minimum absolute atomic E-state index is 0.135. The van der Waals surface area contributed by atoms with Gasteiger partial charge in [0.2, 0.25) is 11.8 Å². The number of nitrogens with one attached hydrogen (secondary N) is 2. The van der Waals surface area contributed by atoms with Crippen LogP contribution in [-0.4, -0.2) is 35.2 Å². The first-order valence-electron chi connectivity index (χ1n) is 6.71. The van der Waals surface area contributed by atoms with E-state index < -0.39 is 0 Å². The van der Waals surface area contributed by atoms with E-state index in [1.165, 1.54) is 12.8 Å². The van der Waals surface area contributed by atoms with Gasteiger partial charge in [0, 0.05) is 24.8 Å². The van der Waals surface area contributed by atoms with Gasteiger partial charge in [-0.15, -0.1) is 0 Å². The van der Waals surface area contributed by atoms with Gasteiger partial charge in [-0.05, 0) is 39.7 Å². The third-order valence-electron chi connectivity index (χ3n) is 2.92. The first-order valence-corrected chi connectivity index (χ1v) is 6.71. The van der Waals surface area contributed by atoms with E-state index in [2.05, 4.69) is 20.6 Å². The Morgan fingerprint density at radius 1 is 1.56 bits per heavy atom. The number of nitrogens with zero attached hydrogens (tertiary/aromatic N) is 2. The molecule has 1 fully saturated rings. The van der Waals surface area contributed by atoms with Crippen LogP contribution in [-0.2, 0) is 0 Å². The van der Waals surface area contributed by atoms with Crippen LogP contribution in [0.25, 0.3) is 0 Å². The van der Waals surface area contributed by atoms with Crippen LogP contribution < -0.4 is 15.4 Å². The molecule has 0 aliphatic carbocycles. The lowest BCUT2D eigenvalue weighted by atomic mass is 10.1. The fraction of sp³-hybridized carbons (Fsp3) is 0.692. The smallest absolute Gasteiger partial charge is 0.225 e. The molecule has 2 N–H and O–H groups in total. The van der Waals surface area contributed by atoms with Crippen molar-refractivity contribution in [1.82, 2.24) is 15.3 Å². The number of aromatic nitrogens is 2. The van der Waals surface area contributed by atoms with Crippen molar-refractivity contribution >= 4 is 5.95 Å². The quantitative estimate of drug-likeness (QED) is 0.806. The van der Waals surface area contributed by atoms with E-state index >= 15 is 0 Å². The molecule has 0 amide bonds. The van der Waals surface area contributed by atoms with Crippen molar-refractivity contribution in [3.05, 3.63) is 12.3 Å². The molecule has 5 nitrogen and oxygen atoms in total. The third kappa shape index (κ3) is 4.14. The predicted molar refractivity (Wildman–Crippen MR) is 71.9 cm³/mol. The Hall–Kier alpha value is -1.36. The third-order valence-corrected chi connectivity index (χ3v) is 2.92. The summed E-state index contributed by atoms with van der Waals surface area (Å²) in [5.74, 6) is 1.27. The second-order valence-corrected chi connectivity index (χ2v) is 4.89. The van der Waals surface area contributed by atoms with E-state index in [1.54, 1.807) is 12.3 Å². The molecule has 0 radical (unpaired) electrons. The van der Waals surface area contributed by atoms with Gasteiger partial charge in [0.1, 0.15) is 0 Å². The first kappa shape index (κ1) is 13.1. The maximum atomic E-state index is 5.53. The van der Waals surface area contributed by atoms with Crippen molar-refractivity contribution in [2.45, 2.75) is 45.3 Å². The van der Waals surface area contributed by atoms with Crippen LogP contribution in [0, 0.1) is 0 Å². The van der Waals surface area contributed by atoms with Crippen LogP contribution in [0.2, 0.25) is 0 Å². The van der Waals surface area contributed by atoms with E-state index in [1.807, 2.05) is 13.8 Å². The number of hydrogen-bond acceptors (Lipinski definition) is 5. The molecule has 1 saturated heterocycles. The fourth-order valence-corrected chi connectivity index (χ4v) is 2.10. The number of rotatable bonds is 6. The minimum atomic E-state index is 0.135. The SMILES string of the molecule is CC(C)Oc1ccnc(NCC[C@@H]2CCCN2)n1. The highest BCUT2D eigenvalue weighted by molar-refractivity contribution is 5.27. The van der Waals surface area contributed by atoms with Gasteiger partial charge in [0.15, 0.2) is 0 Å². The standard InChI is InChI=1S/C13H22N4O/c1-10(2)18-12-6-9-16-13(17-12)15-8-5-11-4-3-7-14-11/h6,9-11,14H,3-5,7-8H2,1-2H3,(H,15,16,17)/t11-/m0/s1. The number of anilines is 1. The van der Waals surface area contributed by atoms with E-state index in [9.17, 15) is 0 Å². The van der Waals surface area contributed by atoms with Gasteiger partial charge in [-0.2, -0.15) is 4.98 Å². The molecule has 5 heteroatoms. The summed E-state index contributed by atoms with van der Waals surface area (Å²) >= 11 is 0. The first-order chi connectivity index (χ1) is 8.74. The lowest BCUT2D eigenvalue weighted by Gasteiger charge is -2.12. The zero-order valence-electron chi connectivity index (χ0n) is 11.1.